The van der Waals surface area contributed by atoms with Gasteiger partial charge in [-0.3, -0.25) is 9.59 Å². The number of rotatable bonds is 3. The summed E-state index contributed by atoms with van der Waals surface area (Å²) >= 11 is 5.88. The van der Waals surface area contributed by atoms with Crippen molar-refractivity contribution in [1.82, 2.24) is 4.31 Å². The smallest absolute Gasteiger partial charge is 0.269 e. The maximum Gasteiger partial charge on any atom is 0.269 e. The van der Waals surface area contributed by atoms with Gasteiger partial charge in [0.15, 0.2) is 0 Å². The van der Waals surface area contributed by atoms with Crippen LogP contribution in [-0.4, -0.2) is 30.6 Å². The van der Waals surface area contributed by atoms with Crippen LogP contribution in [0.2, 0.25) is 5.02 Å². The van der Waals surface area contributed by atoms with E-state index in [1.807, 2.05) is 0 Å². The first-order valence-corrected chi connectivity index (χ1v) is 9.33. The molecule has 0 saturated heterocycles. The fourth-order valence-corrected chi connectivity index (χ4v) is 4.65. The van der Waals surface area contributed by atoms with E-state index in [-0.39, 0.29) is 16.0 Å². The highest BCUT2D eigenvalue weighted by atomic mass is 35.5. The van der Waals surface area contributed by atoms with E-state index in [1.54, 1.807) is 38.1 Å². The maximum absolute atomic E-state index is 12.6. The van der Waals surface area contributed by atoms with Crippen LogP contribution in [0, 0.1) is 0 Å². The van der Waals surface area contributed by atoms with Gasteiger partial charge in [0.2, 0.25) is 0 Å². The molecule has 6 nitrogen and oxygen atoms in total. The lowest BCUT2D eigenvalue weighted by atomic mass is 10.1. The summed E-state index contributed by atoms with van der Waals surface area (Å²) < 4.78 is 26.0. The number of carbonyl (C=O) groups excluding carboxylic acids is 2. The fraction of sp³-hybridized carbons (Fsp3) is 0.176. The first-order valence-electron chi connectivity index (χ1n) is 7.51. The molecule has 130 valence electrons. The highest BCUT2D eigenvalue weighted by Crippen LogP contribution is 2.32. The lowest BCUT2D eigenvalue weighted by Crippen LogP contribution is -2.36. The Balaban J connectivity index is 1.96. The maximum atomic E-state index is 12.6. The molecule has 0 saturated carbocycles. The Bertz CT molecular complexity index is 986. The minimum atomic E-state index is -3.95. The highest BCUT2D eigenvalue weighted by molar-refractivity contribution is 7.90. The van der Waals surface area contributed by atoms with Crippen molar-refractivity contribution in [3.05, 3.63) is 58.6 Å². The average molecular weight is 379 g/mol. The van der Waals surface area contributed by atoms with Crippen LogP contribution >= 0.6 is 11.6 Å². The van der Waals surface area contributed by atoms with Crippen molar-refractivity contribution in [2.24, 2.45) is 0 Å². The lowest BCUT2D eigenvalue weighted by Gasteiger charge is -2.18. The van der Waals surface area contributed by atoms with Crippen molar-refractivity contribution in [2.45, 2.75) is 24.8 Å². The summed E-state index contributed by atoms with van der Waals surface area (Å²) in [5, 5.41) is 3.11. The summed E-state index contributed by atoms with van der Waals surface area (Å²) in [5.41, 5.74) is 0.703. The van der Waals surface area contributed by atoms with Crippen LogP contribution in [0.25, 0.3) is 0 Å². The third-order valence-electron chi connectivity index (χ3n) is 3.76. The second kappa shape index (κ2) is 6.16. The zero-order valence-electron chi connectivity index (χ0n) is 13.5. The molecule has 1 aliphatic heterocycles. The van der Waals surface area contributed by atoms with E-state index >= 15 is 0 Å². The van der Waals surface area contributed by atoms with Gasteiger partial charge in [-0.15, -0.1) is 0 Å². The topological polar surface area (TPSA) is 83.6 Å². The van der Waals surface area contributed by atoms with Gasteiger partial charge in [-0.2, -0.15) is 0 Å². The minimum absolute atomic E-state index is 0.0769. The number of anilines is 1. The summed E-state index contributed by atoms with van der Waals surface area (Å²) in [6, 6.07) is 10.1. The van der Waals surface area contributed by atoms with E-state index in [1.165, 1.54) is 18.2 Å². The van der Waals surface area contributed by atoms with Crippen LogP contribution in [-0.2, 0) is 10.0 Å². The summed E-state index contributed by atoms with van der Waals surface area (Å²) in [4.78, 5) is 24.5. The Labute approximate surface area is 150 Å². The largest absolute Gasteiger partial charge is 0.322 e. The van der Waals surface area contributed by atoms with Gasteiger partial charge in [0.1, 0.15) is 4.90 Å². The molecule has 1 N–H and O–H groups in total. The molecule has 0 fully saturated rings. The molecule has 2 aromatic carbocycles. The molecule has 2 aromatic rings. The zero-order valence-corrected chi connectivity index (χ0v) is 15.1. The van der Waals surface area contributed by atoms with Crippen LogP contribution in [0.4, 0.5) is 5.69 Å². The zero-order chi connectivity index (χ0) is 18.4. The van der Waals surface area contributed by atoms with E-state index in [4.69, 9.17) is 11.6 Å². The van der Waals surface area contributed by atoms with Gasteiger partial charge in [-0.1, -0.05) is 17.7 Å². The molecular weight excluding hydrogens is 364 g/mol. The number of hydrogen-bond acceptors (Lipinski definition) is 4. The van der Waals surface area contributed by atoms with Gasteiger partial charge >= 0.3 is 0 Å². The third kappa shape index (κ3) is 3.01. The highest BCUT2D eigenvalue weighted by Gasteiger charge is 2.42. The number of carbonyl (C=O) groups is 2. The first kappa shape index (κ1) is 17.4. The molecular formula is C17H15ClN2O4S. The number of fused-ring (bicyclic) bond motifs is 1. The Hall–Kier alpha value is -2.38. The van der Waals surface area contributed by atoms with Crippen molar-refractivity contribution in [1.29, 1.82) is 0 Å². The van der Waals surface area contributed by atoms with Gasteiger partial charge in [0.05, 0.1) is 5.56 Å². The molecule has 25 heavy (non-hydrogen) atoms. The summed E-state index contributed by atoms with van der Waals surface area (Å²) in [6.45, 7) is 3.24. The van der Waals surface area contributed by atoms with Crippen molar-refractivity contribution >= 4 is 39.1 Å². The van der Waals surface area contributed by atoms with E-state index in [0.717, 1.165) is 4.31 Å². The van der Waals surface area contributed by atoms with Gasteiger partial charge in [-0.25, -0.2) is 12.7 Å². The van der Waals surface area contributed by atoms with Gasteiger partial charge < -0.3 is 5.32 Å². The van der Waals surface area contributed by atoms with E-state index in [9.17, 15) is 18.0 Å². The monoisotopic (exact) mass is 378 g/mol. The molecule has 0 radical (unpaired) electrons. The molecule has 1 aliphatic rings. The Morgan fingerprint density at radius 1 is 1.16 bits per heavy atom. The molecule has 0 spiro atoms. The van der Waals surface area contributed by atoms with Crippen molar-refractivity contribution in [3.63, 3.8) is 0 Å². The summed E-state index contributed by atoms with van der Waals surface area (Å²) in [6.07, 6.45) is 0. The Morgan fingerprint density at radius 2 is 1.88 bits per heavy atom. The van der Waals surface area contributed by atoms with Gasteiger partial charge in [0.25, 0.3) is 21.8 Å². The molecule has 0 aliphatic carbocycles. The normalized spacial score (nSPS) is 15.4. The number of benzene rings is 2. The number of nitrogens with zero attached hydrogens (tertiary/aromatic N) is 1. The predicted molar refractivity (Wildman–Crippen MR) is 94.3 cm³/mol. The molecule has 3 rings (SSSR count). The van der Waals surface area contributed by atoms with Crippen LogP contribution < -0.4 is 5.32 Å². The van der Waals surface area contributed by atoms with Crippen LogP contribution in [0.5, 0.6) is 0 Å². The number of halogens is 1. The molecule has 0 atom stereocenters. The fourth-order valence-electron chi connectivity index (χ4n) is 2.67. The Morgan fingerprint density at radius 3 is 2.52 bits per heavy atom. The van der Waals surface area contributed by atoms with Crippen molar-refractivity contribution in [2.75, 3.05) is 5.32 Å². The number of hydrogen-bond donors (Lipinski definition) is 1. The van der Waals surface area contributed by atoms with Crippen molar-refractivity contribution < 1.29 is 18.0 Å². The molecule has 2 amide bonds. The number of sulfonamides is 1. The number of amides is 2. The van der Waals surface area contributed by atoms with Crippen LogP contribution in [0.3, 0.4) is 0 Å². The van der Waals surface area contributed by atoms with E-state index < -0.39 is 27.9 Å². The average Bonchev–Trinajstić information content (AvgIpc) is 2.73. The predicted octanol–water partition coefficient (Wildman–Crippen LogP) is 3.15. The van der Waals surface area contributed by atoms with Crippen LogP contribution in [0.15, 0.2) is 47.4 Å². The second-order valence-corrected chi connectivity index (χ2v) is 8.09. The summed E-state index contributed by atoms with van der Waals surface area (Å²) in [5.74, 6) is -1.07. The van der Waals surface area contributed by atoms with E-state index in [2.05, 4.69) is 5.32 Å². The lowest BCUT2D eigenvalue weighted by molar-refractivity contribution is 0.0846. The molecule has 0 aromatic heterocycles. The summed E-state index contributed by atoms with van der Waals surface area (Å²) in [7, 11) is -3.95. The Kier molecular flexibility index (Phi) is 4.30. The second-order valence-electron chi connectivity index (χ2n) is 5.88. The third-order valence-corrected chi connectivity index (χ3v) is 6.00. The number of nitrogens with one attached hydrogen (secondary N) is 1. The quantitative estimate of drug-likeness (QED) is 0.889. The molecule has 0 unspecified atom stereocenters. The molecule has 0 bridgehead atoms. The standard InChI is InChI=1S/C17H15ClN2O4S/c1-10(2)20-17(22)14-7-6-11(8-15(14)25(20,23)24)16(21)19-13-5-3-4-12(18)9-13/h3-10H,1-2H3,(H,19,21). The molecule has 1 heterocycles. The van der Waals surface area contributed by atoms with E-state index in [0.29, 0.717) is 10.7 Å². The van der Waals surface area contributed by atoms with Gasteiger partial charge in [0, 0.05) is 22.3 Å². The van der Waals surface area contributed by atoms with Gasteiger partial charge in [-0.05, 0) is 50.2 Å². The minimum Gasteiger partial charge on any atom is -0.322 e. The van der Waals surface area contributed by atoms with Crippen molar-refractivity contribution in [3.8, 4) is 0 Å². The SMILES string of the molecule is CC(C)N1C(=O)c2ccc(C(=O)Nc3cccc(Cl)c3)cc2S1(=O)=O. The first-order chi connectivity index (χ1) is 11.7. The molecule has 8 heteroatoms. The van der Waals surface area contributed by atoms with Crippen LogP contribution in [0.1, 0.15) is 34.6 Å².